The monoisotopic (exact) mass is 223 g/mol. The molecular weight excluding hydrogens is 206 g/mol. The number of hydrogen-bond acceptors (Lipinski definition) is 5. The molecule has 0 radical (unpaired) electrons. The van der Waals surface area contributed by atoms with Crippen LogP contribution in [0.25, 0.3) is 0 Å². The predicted molar refractivity (Wildman–Crippen MR) is 63.5 cm³/mol. The number of anilines is 2. The van der Waals surface area contributed by atoms with E-state index in [1.165, 1.54) is 0 Å². The van der Waals surface area contributed by atoms with Crippen molar-refractivity contribution in [3.05, 3.63) is 12.3 Å². The Morgan fingerprint density at radius 2 is 2.25 bits per heavy atom. The van der Waals surface area contributed by atoms with Gasteiger partial charge in [0.05, 0.1) is 6.54 Å². The summed E-state index contributed by atoms with van der Waals surface area (Å²) >= 11 is 0. The molecule has 16 heavy (non-hydrogen) atoms. The van der Waals surface area contributed by atoms with Gasteiger partial charge in [-0.05, 0) is 13.0 Å². The van der Waals surface area contributed by atoms with E-state index in [9.17, 15) is 4.79 Å². The number of amides is 1. The van der Waals surface area contributed by atoms with Crippen LogP contribution in [0.2, 0.25) is 0 Å². The first-order chi connectivity index (χ1) is 7.63. The summed E-state index contributed by atoms with van der Waals surface area (Å²) in [5.41, 5.74) is 0. The van der Waals surface area contributed by atoms with Crippen LogP contribution in [0.1, 0.15) is 6.92 Å². The molecule has 1 rings (SSSR count). The summed E-state index contributed by atoms with van der Waals surface area (Å²) < 4.78 is 0. The van der Waals surface area contributed by atoms with Crippen LogP contribution in [0.15, 0.2) is 12.3 Å². The molecule has 0 aliphatic carbocycles. The Morgan fingerprint density at radius 1 is 1.50 bits per heavy atom. The van der Waals surface area contributed by atoms with E-state index in [0.29, 0.717) is 18.3 Å². The van der Waals surface area contributed by atoms with Crippen molar-refractivity contribution in [2.45, 2.75) is 6.92 Å². The number of likely N-dealkylation sites (N-methyl/N-ethyl adjacent to an activating group) is 1. The van der Waals surface area contributed by atoms with Crippen molar-refractivity contribution in [3.8, 4) is 0 Å². The van der Waals surface area contributed by atoms with Crippen molar-refractivity contribution < 1.29 is 4.79 Å². The number of hydrogen-bond donors (Lipinski definition) is 2. The smallest absolute Gasteiger partial charge is 0.239 e. The standard InChI is InChI=1S/C10H17N5O/c1-4-11-9(16)7-13-8-5-6-12-10(14-8)15(2)3/h5-6H,4,7H2,1-3H3,(H,11,16)(H,12,13,14). The number of nitrogens with one attached hydrogen (secondary N) is 2. The summed E-state index contributed by atoms with van der Waals surface area (Å²) in [5.74, 6) is 1.21. The Hall–Kier alpha value is -1.85. The van der Waals surface area contributed by atoms with Crippen molar-refractivity contribution >= 4 is 17.7 Å². The zero-order valence-corrected chi connectivity index (χ0v) is 9.82. The van der Waals surface area contributed by atoms with E-state index < -0.39 is 0 Å². The first-order valence-corrected chi connectivity index (χ1v) is 5.14. The van der Waals surface area contributed by atoms with Gasteiger partial charge in [-0.25, -0.2) is 4.98 Å². The lowest BCUT2D eigenvalue weighted by Gasteiger charge is -2.11. The second-order valence-corrected chi connectivity index (χ2v) is 3.44. The van der Waals surface area contributed by atoms with Crippen LogP contribution < -0.4 is 15.5 Å². The third kappa shape index (κ3) is 3.72. The highest BCUT2D eigenvalue weighted by Gasteiger charge is 2.02. The Labute approximate surface area is 95.1 Å². The van der Waals surface area contributed by atoms with Crippen LogP contribution in [0.5, 0.6) is 0 Å². The van der Waals surface area contributed by atoms with Gasteiger partial charge in [-0.3, -0.25) is 4.79 Å². The van der Waals surface area contributed by atoms with Gasteiger partial charge in [0, 0.05) is 26.8 Å². The minimum Gasteiger partial charge on any atom is -0.361 e. The van der Waals surface area contributed by atoms with Crippen molar-refractivity contribution in [2.75, 3.05) is 37.4 Å². The molecule has 2 N–H and O–H groups in total. The van der Waals surface area contributed by atoms with Gasteiger partial charge in [0.15, 0.2) is 0 Å². The number of carbonyl (C=O) groups is 1. The topological polar surface area (TPSA) is 70.2 Å². The molecule has 6 heteroatoms. The Bertz CT molecular complexity index is 353. The number of rotatable bonds is 5. The number of carbonyl (C=O) groups excluding carboxylic acids is 1. The zero-order chi connectivity index (χ0) is 12.0. The predicted octanol–water partition coefficient (Wildman–Crippen LogP) is 0.0906. The quantitative estimate of drug-likeness (QED) is 0.740. The van der Waals surface area contributed by atoms with E-state index in [0.717, 1.165) is 0 Å². The van der Waals surface area contributed by atoms with Gasteiger partial charge in [0.2, 0.25) is 11.9 Å². The van der Waals surface area contributed by atoms with Crippen molar-refractivity contribution in [1.82, 2.24) is 15.3 Å². The molecule has 1 amide bonds. The van der Waals surface area contributed by atoms with E-state index in [1.807, 2.05) is 21.0 Å². The van der Waals surface area contributed by atoms with Crippen LogP contribution in [-0.4, -0.2) is 43.1 Å². The molecule has 0 aliphatic heterocycles. The van der Waals surface area contributed by atoms with E-state index in [2.05, 4.69) is 20.6 Å². The maximum absolute atomic E-state index is 11.2. The van der Waals surface area contributed by atoms with Crippen molar-refractivity contribution in [3.63, 3.8) is 0 Å². The largest absolute Gasteiger partial charge is 0.361 e. The Kier molecular flexibility index (Phi) is 4.50. The van der Waals surface area contributed by atoms with Crippen LogP contribution >= 0.6 is 0 Å². The summed E-state index contributed by atoms with van der Waals surface area (Å²) in [6.45, 7) is 2.73. The summed E-state index contributed by atoms with van der Waals surface area (Å²) in [5, 5.41) is 5.63. The molecule has 0 aromatic carbocycles. The van der Waals surface area contributed by atoms with Gasteiger partial charge in [0.25, 0.3) is 0 Å². The molecule has 0 spiro atoms. The third-order valence-corrected chi connectivity index (χ3v) is 1.85. The van der Waals surface area contributed by atoms with Crippen molar-refractivity contribution in [2.24, 2.45) is 0 Å². The average molecular weight is 223 g/mol. The van der Waals surface area contributed by atoms with Gasteiger partial charge in [-0.15, -0.1) is 0 Å². The van der Waals surface area contributed by atoms with Gasteiger partial charge < -0.3 is 15.5 Å². The first-order valence-electron chi connectivity index (χ1n) is 5.14. The molecule has 0 saturated heterocycles. The molecule has 0 fully saturated rings. The molecule has 0 unspecified atom stereocenters. The summed E-state index contributed by atoms with van der Waals surface area (Å²) in [4.78, 5) is 21.3. The second-order valence-electron chi connectivity index (χ2n) is 3.44. The third-order valence-electron chi connectivity index (χ3n) is 1.85. The normalized spacial score (nSPS) is 9.69. The summed E-state index contributed by atoms with van der Waals surface area (Å²) in [6.07, 6.45) is 1.66. The molecule has 0 bridgehead atoms. The lowest BCUT2D eigenvalue weighted by Crippen LogP contribution is -2.29. The SMILES string of the molecule is CCNC(=O)CNc1ccnc(N(C)C)n1. The molecule has 1 aromatic rings. The first kappa shape index (κ1) is 12.2. The molecule has 0 atom stereocenters. The fourth-order valence-corrected chi connectivity index (χ4v) is 1.09. The Morgan fingerprint density at radius 3 is 2.88 bits per heavy atom. The van der Waals surface area contributed by atoms with Crippen LogP contribution in [-0.2, 0) is 4.79 Å². The number of aromatic nitrogens is 2. The van der Waals surface area contributed by atoms with E-state index in [4.69, 9.17) is 0 Å². The van der Waals surface area contributed by atoms with Gasteiger partial charge in [-0.2, -0.15) is 4.98 Å². The molecule has 88 valence electrons. The van der Waals surface area contributed by atoms with Gasteiger partial charge in [-0.1, -0.05) is 0 Å². The van der Waals surface area contributed by atoms with Crippen LogP contribution in [0.4, 0.5) is 11.8 Å². The zero-order valence-electron chi connectivity index (χ0n) is 9.82. The van der Waals surface area contributed by atoms with Gasteiger partial charge in [0.1, 0.15) is 5.82 Å². The molecule has 1 aromatic heterocycles. The van der Waals surface area contributed by atoms with Crippen LogP contribution in [0.3, 0.4) is 0 Å². The van der Waals surface area contributed by atoms with E-state index in [1.54, 1.807) is 17.2 Å². The fraction of sp³-hybridized carbons (Fsp3) is 0.500. The highest BCUT2D eigenvalue weighted by atomic mass is 16.1. The molecule has 6 nitrogen and oxygen atoms in total. The molecule has 0 aliphatic rings. The summed E-state index contributed by atoms with van der Waals surface area (Å²) in [6, 6.07) is 1.73. The van der Waals surface area contributed by atoms with E-state index >= 15 is 0 Å². The molecule has 1 heterocycles. The highest BCUT2D eigenvalue weighted by molar-refractivity contribution is 5.80. The lowest BCUT2D eigenvalue weighted by atomic mass is 10.5. The van der Waals surface area contributed by atoms with E-state index in [-0.39, 0.29) is 12.5 Å². The molecule has 0 saturated carbocycles. The van der Waals surface area contributed by atoms with Crippen molar-refractivity contribution in [1.29, 1.82) is 0 Å². The summed E-state index contributed by atoms with van der Waals surface area (Å²) in [7, 11) is 3.73. The second kappa shape index (κ2) is 5.89. The van der Waals surface area contributed by atoms with Gasteiger partial charge >= 0.3 is 0 Å². The fourth-order valence-electron chi connectivity index (χ4n) is 1.09. The minimum atomic E-state index is -0.0486. The van der Waals surface area contributed by atoms with Crippen LogP contribution in [0, 0.1) is 0 Å². The lowest BCUT2D eigenvalue weighted by molar-refractivity contribution is -0.119. The maximum Gasteiger partial charge on any atom is 0.239 e. The average Bonchev–Trinajstić information content (AvgIpc) is 2.27. The highest BCUT2D eigenvalue weighted by Crippen LogP contribution is 2.06. The number of nitrogens with zero attached hydrogens (tertiary/aromatic N) is 3. The Balaban J connectivity index is 2.54. The maximum atomic E-state index is 11.2. The molecular formula is C10H17N5O. The minimum absolute atomic E-state index is 0.0486.